The summed E-state index contributed by atoms with van der Waals surface area (Å²) in [4.78, 5) is 0. The summed E-state index contributed by atoms with van der Waals surface area (Å²) < 4.78 is 33.8. The fraction of sp³-hybridized carbons (Fsp3) is 0.368. The Bertz CT molecular complexity index is 687. The molecular formula is C19H19F2NO. The monoisotopic (exact) mass is 315 g/mol. The van der Waals surface area contributed by atoms with E-state index in [-0.39, 0.29) is 29.8 Å². The van der Waals surface area contributed by atoms with Gasteiger partial charge < -0.3 is 10.1 Å². The third-order valence-corrected chi connectivity index (χ3v) is 4.96. The second-order valence-electron chi connectivity index (χ2n) is 6.44. The topological polar surface area (TPSA) is 21.3 Å². The largest absolute Gasteiger partial charge is 0.368 e. The first-order valence-corrected chi connectivity index (χ1v) is 8.02. The van der Waals surface area contributed by atoms with Crippen LogP contribution in [0.15, 0.2) is 36.4 Å². The molecule has 0 saturated carbocycles. The molecule has 0 radical (unpaired) electrons. The molecule has 3 atom stereocenters. The number of hydrogen-bond donors (Lipinski definition) is 1. The second-order valence-corrected chi connectivity index (χ2v) is 6.44. The Morgan fingerprint density at radius 2 is 1.70 bits per heavy atom. The van der Waals surface area contributed by atoms with Crippen molar-refractivity contribution in [3.63, 3.8) is 0 Å². The lowest BCUT2D eigenvalue weighted by atomic mass is 9.87. The number of hydrogen-bond acceptors (Lipinski definition) is 2. The first-order valence-electron chi connectivity index (χ1n) is 8.02. The Morgan fingerprint density at radius 1 is 1.04 bits per heavy atom. The highest BCUT2D eigenvalue weighted by Crippen LogP contribution is 2.49. The Balaban J connectivity index is 1.85. The van der Waals surface area contributed by atoms with E-state index in [0.717, 1.165) is 35.2 Å². The highest BCUT2D eigenvalue weighted by Gasteiger charge is 2.40. The van der Waals surface area contributed by atoms with Crippen LogP contribution in [0.4, 0.5) is 8.78 Å². The molecule has 23 heavy (non-hydrogen) atoms. The zero-order chi connectivity index (χ0) is 16.0. The summed E-state index contributed by atoms with van der Waals surface area (Å²) in [5, 5.41) is 3.13. The van der Waals surface area contributed by atoms with Gasteiger partial charge in [0.2, 0.25) is 0 Å². The van der Waals surface area contributed by atoms with Gasteiger partial charge in [0.1, 0.15) is 11.6 Å². The lowest BCUT2D eigenvalue weighted by Crippen LogP contribution is -2.23. The molecule has 0 amide bonds. The minimum Gasteiger partial charge on any atom is -0.368 e. The fourth-order valence-electron chi connectivity index (χ4n) is 3.97. The van der Waals surface area contributed by atoms with Crippen molar-refractivity contribution in [3.8, 4) is 0 Å². The summed E-state index contributed by atoms with van der Waals surface area (Å²) in [6.07, 6.45) is 1.36. The Hall–Kier alpha value is -1.78. The maximum absolute atomic E-state index is 13.8. The third kappa shape index (κ3) is 2.56. The molecule has 2 nitrogen and oxygen atoms in total. The predicted molar refractivity (Wildman–Crippen MR) is 84.5 cm³/mol. The summed E-state index contributed by atoms with van der Waals surface area (Å²) in [5.41, 5.74) is 4.09. The SMILES string of the molecule is CNC[C@@H]1C[C@@H]2c3cc(F)ccc3Cc3ccc(F)cc3[C@H]2O1. The van der Waals surface area contributed by atoms with Crippen LogP contribution in [0, 0.1) is 11.6 Å². The van der Waals surface area contributed by atoms with Crippen LogP contribution in [-0.4, -0.2) is 19.7 Å². The average Bonchev–Trinajstić information content (AvgIpc) is 2.90. The molecule has 1 fully saturated rings. The number of ether oxygens (including phenoxy) is 1. The summed E-state index contributed by atoms with van der Waals surface area (Å²) >= 11 is 0. The molecule has 2 aromatic carbocycles. The van der Waals surface area contributed by atoms with E-state index in [1.54, 1.807) is 12.1 Å². The van der Waals surface area contributed by atoms with Crippen LogP contribution >= 0.6 is 0 Å². The molecule has 1 aliphatic carbocycles. The molecule has 120 valence electrons. The van der Waals surface area contributed by atoms with Gasteiger partial charge in [0, 0.05) is 12.5 Å². The normalized spacial score (nSPS) is 25.4. The van der Waals surface area contributed by atoms with Crippen molar-refractivity contribution < 1.29 is 13.5 Å². The van der Waals surface area contributed by atoms with Crippen molar-refractivity contribution in [1.82, 2.24) is 5.32 Å². The molecule has 2 aromatic rings. The summed E-state index contributed by atoms with van der Waals surface area (Å²) in [6.45, 7) is 0.738. The molecule has 1 saturated heterocycles. The molecule has 0 aromatic heterocycles. The van der Waals surface area contributed by atoms with E-state index in [0.29, 0.717) is 6.42 Å². The minimum absolute atomic E-state index is 0.0559. The van der Waals surface area contributed by atoms with Crippen LogP contribution in [0.25, 0.3) is 0 Å². The number of halogens is 2. The van der Waals surface area contributed by atoms with Gasteiger partial charge in [0.05, 0.1) is 12.2 Å². The molecule has 4 rings (SSSR count). The molecule has 1 N–H and O–H groups in total. The first kappa shape index (κ1) is 14.8. The smallest absolute Gasteiger partial charge is 0.123 e. The van der Waals surface area contributed by atoms with Crippen molar-refractivity contribution >= 4 is 0 Å². The molecule has 4 heteroatoms. The van der Waals surface area contributed by atoms with Crippen LogP contribution in [-0.2, 0) is 11.2 Å². The molecular weight excluding hydrogens is 296 g/mol. The maximum atomic E-state index is 13.8. The Morgan fingerprint density at radius 3 is 2.39 bits per heavy atom. The average molecular weight is 315 g/mol. The van der Waals surface area contributed by atoms with E-state index >= 15 is 0 Å². The summed E-state index contributed by atoms with van der Waals surface area (Å²) in [7, 11) is 1.89. The van der Waals surface area contributed by atoms with Crippen molar-refractivity contribution in [3.05, 3.63) is 70.3 Å². The van der Waals surface area contributed by atoms with Crippen LogP contribution in [0.5, 0.6) is 0 Å². The summed E-state index contributed by atoms with van der Waals surface area (Å²) in [6, 6.07) is 9.88. The number of nitrogens with one attached hydrogen (secondary N) is 1. The maximum Gasteiger partial charge on any atom is 0.123 e. The Labute approximate surface area is 134 Å². The lowest BCUT2D eigenvalue weighted by molar-refractivity contribution is 0.0417. The van der Waals surface area contributed by atoms with Gasteiger partial charge in [0.15, 0.2) is 0 Å². The van der Waals surface area contributed by atoms with Gasteiger partial charge in [-0.25, -0.2) is 8.78 Å². The van der Waals surface area contributed by atoms with E-state index in [4.69, 9.17) is 4.74 Å². The van der Waals surface area contributed by atoms with Crippen molar-refractivity contribution in [2.75, 3.05) is 13.6 Å². The number of rotatable bonds is 2. The van der Waals surface area contributed by atoms with Gasteiger partial charge in [0.25, 0.3) is 0 Å². The standard InChI is InChI=1S/C19H19F2NO/c1-22-10-15-9-18-16-7-13(20)4-2-11(16)6-12-3-5-14(21)8-17(12)19(18)23-15/h2-5,7-8,15,18-19,22H,6,9-10H2,1H3/t15-,18+,19+/m0/s1. The number of likely N-dealkylation sites (N-methyl/N-ethyl adjacent to an activating group) is 1. The van der Waals surface area contributed by atoms with Crippen molar-refractivity contribution in [2.45, 2.75) is 31.0 Å². The number of benzene rings is 2. The van der Waals surface area contributed by atoms with E-state index < -0.39 is 0 Å². The van der Waals surface area contributed by atoms with Gasteiger partial charge >= 0.3 is 0 Å². The van der Waals surface area contributed by atoms with E-state index in [9.17, 15) is 8.78 Å². The predicted octanol–water partition coefficient (Wildman–Crippen LogP) is 3.70. The van der Waals surface area contributed by atoms with Crippen molar-refractivity contribution in [1.29, 1.82) is 0 Å². The zero-order valence-electron chi connectivity index (χ0n) is 13.0. The zero-order valence-corrected chi connectivity index (χ0v) is 13.0. The van der Waals surface area contributed by atoms with Gasteiger partial charge in [-0.05, 0) is 66.4 Å². The molecule has 2 aliphatic rings. The second kappa shape index (κ2) is 5.69. The van der Waals surface area contributed by atoms with E-state index in [2.05, 4.69) is 5.32 Å². The molecule has 0 spiro atoms. The molecule has 0 unspecified atom stereocenters. The molecule has 1 heterocycles. The van der Waals surface area contributed by atoms with E-state index in [1.807, 2.05) is 19.2 Å². The molecule has 1 aliphatic heterocycles. The third-order valence-electron chi connectivity index (χ3n) is 4.96. The molecule has 0 bridgehead atoms. The van der Waals surface area contributed by atoms with Crippen LogP contribution in [0.2, 0.25) is 0 Å². The quantitative estimate of drug-likeness (QED) is 0.912. The minimum atomic E-state index is -0.250. The van der Waals surface area contributed by atoms with Crippen molar-refractivity contribution in [2.24, 2.45) is 0 Å². The highest BCUT2D eigenvalue weighted by atomic mass is 19.1. The highest BCUT2D eigenvalue weighted by molar-refractivity contribution is 5.45. The lowest BCUT2D eigenvalue weighted by Gasteiger charge is -2.19. The van der Waals surface area contributed by atoms with Gasteiger partial charge in [-0.15, -0.1) is 0 Å². The number of fused-ring (bicyclic) bond motifs is 5. The van der Waals surface area contributed by atoms with Gasteiger partial charge in [-0.2, -0.15) is 0 Å². The van der Waals surface area contributed by atoms with Gasteiger partial charge in [-0.3, -0.25) is 0 Å². The van der Waals surface area contributed by atoms with Crippen LogP contribution in [0.1, 0.15) is 40.7 Å². The van der Waals surface area contributed by atoms with E-state index in [1.165, 1.54) is 12.1 Å². The van der Waals surface area contributed by atoms with Crippen LogP contribution in [0.3, 0.4) is 0 Å². The van der Waals surface area contributed by atoms with Crippen LogP contribution < -0.4 is 5.32 Å². The Kier molecular flexibility index (Phi) is 3.66. The summed E-state index contributed by atoms with van der Waals surface area (Å²) in [5.74, 6) is -0.404. The van der Waals surface area contributed by atoms with Gasteiger partial charge in [-0.1, -0.05) is 12.1 Å². The fourth-order valence-corrected chi connectivity index (χ4v) is 3.97. The first-order chi connectivity index (χ1) is 11.2.